The summed E-state index contributed by atoms with van der Waals surface area (Å²) in [4.78, 5) is 5.08. The highest BCUT2D eigenvalue weighted by atomic mass is 16.5. The average Bonchev–Trinajstić information content (AvgIpc) is 2.63. The van der Waals surface area contributed by atoms with E-state index in [4.69, 9.17) is 4.74 Å². The van der Waals surface area contributed by atoms with Crippen molar-refractivity contribution in [2.24, 2.45) is 0 Å². The number of anilines is 1. The van der Waals surface area contributed by atoms with Gasteiger partial charge in [-0.3, -0.25) is 4.90 Å². The molecule has 0 unspecified atom stereocenters. The van der Waals surface area contributed by atoms with Crippen molar-refractivity contribution >= 4 is 5.69 Å². The van der Waals surface area contributed by atoms with Crippen LogP contribution in [0.15, 0.2) is 24.3 Å². The van der Waals surface area contributed by atoms with Gasteiger partial charge < -0.3 is 9.64 Å². The lowest BCUT2D eigenvalue weighted by Crippen LogP contribution is -2.47. The topological polar surface area (TPSA) is 15.7 Å². The minimum absolute atomic E-state index is 0.232. The summed E-state index contributed by atoms with van der Waals surface area (Å²) in [6.07, 6.45) is 7.21. The molecule has 1 aliphatic heterocycles. The van der Waals surface area contributed by atoms with E-state index in [1.165, 1.54) is 43.4 Å². The van der Waals surface area contributed by atoms with Crippen LogP contribution in [0.2, 0.25) is 0 Å². The lowest BCUT2D eigenvalue weighted by molar-refractivity contribution is 0.0156. The standard InChI is InChI=1S/C22H36N2O/c1-22(2,3)19-9-11-20(12-10-19)24-15-13-23(14-16-24)17-18-25-21-7-5-4-6-8-21/h9-12,21H,4-8,13-18H2,1-3H3. The first-order chi connectivity index (χ1) is 12.0. The van der Waals surface area contributed by atoms with Gasteiger partial charge in [0.2, 0.25) is 0 Å². The molecular formula is C22H36N2O. The minimum Gasteiger partial charge on any atom is -0.377 e. The molecule has 0 bridgehead atoms. The molecule has 3 heteroatoms. The normalized spacial score (nSPS) is 20.8. The van der Waals surface area contributed by atoms with Crippen LogP contribution in [0.25, 0.3) is 0 Å². The predicted molar refractivity (Wildman–Crippen MR) is 107 cm³/mol. The molecule has 25 heavy (non-hydrogen) atoms. The summed E-state index contributed by atoms with van der Waals surface area (Å²) in [7, 11) is 0. The maximum Gasteiger partial charge on any atom is 0.0597 e. The SMILES string of the molecule is CC(C)(C)c1ccc(N2CCN(CCOC3CCCCC3)CC2)cc1. The summed E-state index contributed by atoms with van der Waals surface area (Å²) < 4.78 is 6.09. The Morgan fingerprint density at radius 3 is 2.16 bits per heavy atom. The highest BCUT2D eigenvalue weighted by Crippen LogP contribution is 2.25. The van der Waals surface area contributed by atoms with Crippen LogP contribution in [-0.4, -0.2) is 50.3 Å². The molecule has 1 aromatic carbocycles. The maximum atomic E-state index is 6.09. The number of rotatable bonds is 5. The smallest absolute Gasteiger partial charge is 0.0597 e. The Hall–Kier alpha value is -1.06. The number of nitrogens with zero attached hydrogens (tertiary/aromatic N) is 2. The van der Waals surface area contributed by atoms with Crippen molar-refractivity contribution in [3.05, 3.63) is 29.8 Å². The predicted octanol–water partition coefficient (Wildman–Crippen LogP) is 4.46. The molecule has 1 saturated heterocycles. The maximum absolute atomic E-state index is 6.09. The zero-order valence-corrected chi connectivity index (χ0v) is 16.5. The van der Waals surface area contributed by atoms with E-state index in [1.807, 2.05) is 0 Å². The molecule has 1 heterocycles. The summed E-state index contributed by atoms with van der Waals surface area (Å²) >= 11 is 0. The number of piperazine rings is 1. The Labute approximate surface area is 154 Å². The molecule has 1 aromatic rings. The van der Waals surface area contributed by atoms with Gasteiger partial charge in [0.1, 0.15) is 0 Å². The second-order valence-electron chi connectivity index (χ2n) is 8.76. The largest absolute Gasteiger partial charge is 0.377 e. The van der Waals surface area contributed by atoms with Gasteiger partial charge >= 0.3 is 0 Å². The molecule has 1 saturated carbocycles. The van der Waals surface area contributed by atoms with Crippen LogP contribution >= 0.6 is 0 Å². The molecule has 0 amide bonds. The van der Waals surface area contributed by atoms with Gasteiger partial charge in [-0.05, 0) is 36.0 Å². The van der Waals surface area contributed by atoms with Crippen molar-refractivity contribution in [2.75, 3.05) is 44.2 Å². The molecule has 3 rings (SSSR count). The Morgan fingerprint density at radius 2 is 1.56 bits per heavy atom. The summed E-state index contributed by atoms with van der Waals surface area (Å²) in [6, 6.07) is 9.17. The van der Waals surface area contributed by atoms with Gasteiger partial charge in [0.05, 0.1) is 12.7 Å². The average molecular weight is 345 g/mol. The van der Waals surface area contributed by atoms with E-state index in [0.717, 1.165) is 39.3 Å². The Kier molecular flexibility index (Phi) is 6.40. The van der Waals surface area contributed by atoms with E-state index in [0.29, 0.717) is 6.10 Å². The number of hydrogen-bond donors (Lipinski definition) is 0. The monoisotopic (exact) mass is 344 g/mol. The van der Waals surface area contributed by atoms with Gasteiger partial charge in [-0.15, -0.1) is 0 Å². The van der Waals surface area contributed by atoms with Crippen molar-refractivity contribution in [1.82, 2.24) is 4.90 Å². The van der Waals surface area contributed by atoms with Crippen molar-refractivity contribution < 1.29 is 4.74 Å². The van der Waals surface area contributed by atoms with E-state index in [1.54, 1.807) is 0 Å². The Balaban J connectivity index is 1.39. The van der Waals surface area contributed by atoms with Gasteiger partial charge in [-0.2, -0.15) is 0 Å². The van der Waals surface area contributed by atoms with Crippen LogP contribution in [0.1, 0.15) is 58.4 Å². The molecule has 2 fully saturated rings. The van der Waals surface area contributed by atoms with Crippen LogP contribution in [0, 0.1) is 0 Å². The highest BCUT2D eigenvalue weighted by molar-refractivity contribution is 5.49. The number of hydrogen-bond acceptors (Lipinski definition) is 3. The fraction of sp³-hybridized carbons (Fsp3) is 0.727. The number of ether oxygens (including phenoxy) is 1. The lowest BCUT2D eigenvalue weighted by atomic mass is 9.87. The van der Waals surface area contributed by atoms with Crippen LogP contribution in [0.3, 0.4) is 0 Å². The van der Waals surface area contributed by atoms with Crippen LogP contribution < -0.4 is 4.90 Å². The van der Waals surface area contributed by atoms with E-state index >= 15 is 0 Å². The third-order valence-electron chi connectivity index (χ3n) is 5.78. The van der Waals surface area contributed by atoms with Crippen molar-refractivity contribution in [3.63, 3.8) is 0 Å². The van der Waals surface area contributed by atoms with Crippen LogP contribution in [-0.2, 0) is 10.2 Å². The van der Waals surface area contributed by atoms with Crippen LogP contribution in [0.4, 0.5) is 5.69 Å². The van der Waals surface area contributed by atoms with Gasteiger partial charge in [0, 0.05) is 38.4 Å². The highest BCUT2D eigenvalue weighted by Gasteiger charge is 2.19. The van der Waals surface area contributed by atoms with E-state index < -0.39 is 0 Å². The fourth-order valence-electron chi connectivity index (χ4n) is 3.98. The molecule has 0 aromatic heterocycles. The molecule has 0 spiro atoms. The first kappa shape index (κ1) is 18.7. The molecule has 140 valence electrons. The van der Waals surface area contributed by atoms with Crippen molar-refractivity contribution in [1.29, 1.82) is 0 Å². The summed E-state index contributed by atoms with van der Waals surface area (Å²) in [5.41, 5.74) is 3.01. The Bertz CT molecular complexity index is 506. The summed E-state index contributed by atoms with van der Waals surface area (Å²) in [5.74, 6) is 0. The van der Waals surface area contributed by atoms with Gasteiger partial charge in [0.15, 0.2) is 0 Å². The molecular weight excluding hydrogens is 308 g/mol. The molecule has 0 N–H and O–H groups in total. The molecule has 2 aliphatic rings. The third-order valence-corrected chi connectivity index (χ3v) is 5.78. The zero-order valence-electron chi connectivity index (χ0n) is 16.5. The molecule has 1 aliphatic carbocycles. The minimum atomic E-state index is 0.232. The van der Waals surface area contributed by atoms with Gasteiger partial charge in [-0.1, -0.05) is 52.2 Å². The van der Waals surface area contributed by atoms with Gasteiger partial charge in [0.25, 0.3) is 0 Å². The molecule has 3 nitrogen and oxygen atoms in total. The first-order valence-electron chi connectivity index (χ1n) is 10.2. The molecule has 0 radical (unpaired) electrons. The Morgan fingerprint density at radius 1 is 0.920 bits per heavy atom. The van der Waals surface area contributed by atoms with E-state index in [-0.39, 0.29) is 5.41 Å². The van der Waals surface area contributed by atoms with Gasteiger partial charge in [-0.25, -0.2) is 0 Å². The molecule has 0 atom stereocenters. The summed E-state index contributed by atoms with van der Waals surface area (Å²) in [6.45, 7) is 13.4. The van der Waals surface area contributed by atoms with Crippen molar-refractivity contribution in [2.45, 2.75) is 64.4 Å². The quantitative estimate of drug-likeness (QED) is 0.784. The second-order valence-corrected chi connectivity index (χ2v) is 8.76. The first-order valence-corrected chi connectivity index (χ1v) is 10.2. The third kappa shape index (κ3) is 5.46. The van der Waals surface area contributed by atoms with Crippen molar-refractivity contribution in [3.8, 4) is 0 Å². The second kappa shape index (κ2) is 8.55. The van der Waals surface area contributed by atoms with E-state index in [2.05, 4.69) is 54.8 Å². The summed E-state index contributed by atoms with van der Waals surface area (Å²) in [5, 5.41) is 0. The van der Waals surface area contributed by atoms with E-state index in [9.17, 15) is 0 Å². The fourth-order valence-corrected chi connectivity index (χ4v) is 3.98. The van der Waals surface area contributed by atoms with Crippen LogP contribution in [0.5, 0.6) is 0 Å². The number of benzene rings is 1. The lowest BCUT2D eigenvalue weighted by Gasteiger charge is -2.36. The zero-order chi connectivity index (χ0) is 17.7.